The lowest BCUT2D eigenvalue weighted by Gasteiger charge is -2.15. The van der Waals surface area contributed by atoms with E-state index in [4.69, 9.17) is 5.73 Å². The highest BCUT2D eigenvalue weighted by molar-refractivity contribution is 5.91. The molecule has 1 aliphatic carbocycles. The van der Waals surface area contributed by atoms with Crippen molar-refractivity contribution >= 4 is 16.7 Å². The van der Waals surface area contributed by atoms with Gasteiger partial charge in [-0.3, -0.25) is 4.98 Å². The summed E-state index contributed by atoms with van der Waals surface area (Å²) in [6.45, 7) is 2.36. The van der Waals surface area contributed by atoms with E-state index in [0.717, 1.165) is 27.9 Å². The van der Waals surface area contributed by atoms with Crippen LogP contribution >= 0.6 is 0 Å². The number of benzene rings is 1. The monoisotopic (exact) mass is 320 g/mol. The molecule has 4 heteroatoms. The van der Waals surface area contributed by atoms with Crippen molar-refractivity contribution in [2.24, 2.45) is 5.92 Å². The Hall–Kier alpha value is -2.49. The quantitative estimate of drug-likeness (QED) is 0.695. The van der Waals surface area contributed by atoms with Gasteiger partial charge in [0, 0.05) is 23.3 Å². The van der Waals surface area contributed by atoms with E-state index < -0.39 is 0 Å². The maximum absolute atomic E-state index is 5.84. The molecule has 4 rings (SSSR count). The molecule has 0 saturated heterocycles. The summed E-state index contributed by atoms with van der Waals surface area (Å²) in [6.07, 6.45) is 12.5. The van der Waals surface area contributed by atoms with Gasteiger partial charge in [-0.1, -0.05) is 51.2 Å². The van der Waals surface area contributed by atoms with Crippen LogP contribution in [0.4, 0.5) is 5.82 Å². The van der Waals surface area contributed by atoms with Gasteiger partial charge in [0.2, 0.25) is 0 Å². The fraction of sp³-hybridized carbons (Fsp3) is 0.350. The van der Waals surface area contributed by atoms with Gasteiger partial charge in [-0.25, -0.2) is 9.97 Å². The van der Waals surface area contributed by atoms with Crippen molar-refractivity contribution in [3.63, 3.8) is 0 Å². The molecule has 1 fully saturated rings. The second kappa shape index (κ2) is 7.86. The van der Waals surface area contributed by atoms with Crippen LogP contribution in [0.1, 0.15) is 39.0 Å². The molecule has 4 nitrogen and oxygen atoms in total. The molecule has 1 saturated carbocycles. The topological polar surface area (TPSA) is 64.7 Å². The molecule has 0 bridgehead atoms. The van der Waals surface area contributed by atoms with E-state index in [1.54, 1.807) is 6.20 Å². The number of rotatable bonds is 1. The van der Waals surface area contributed by atoms with Crippen molar-refractivity contribution in [1.29, 1.82) is 0 Å². The first kappa shape index (κ1) is 16.4. The van der Waals surface area contributed by atoms with Crippen LogP contribution in [0, 0.1) is 5.92 Å². The molecule has 2 N–H and O–H groups in total. The van der Waals surface area contributed by atoms with E-state index >= 15 is 0 Å². The summed E-state index contributed by atoms with van der Waals surface area (Å²) in [6, 6.07) is 9.85. The Morgan fingerprint density at radius 2 is 1.83 bits per heavy atom. The molecule has 2 heterocycles. The van der Waals surface area contributed by atoms with Crippen molar-refractivity contribution in [3.05, 3.63) is 49.1 Å². The van der Waals surface area contributed by atoms with Gasteiger partial charge < -0.3 is 5.73 Å². The molecule has 0 amide bonds. The van der Waals surface area contributed by atoms with E-state index in [2.05, 4.69) is 21.9 Å². The lowest BCUT2D eigenvalue weighted by molar-refractivity contribution is 0.385. The van der Waals surface area contributed by atoms with Gasteiger partial charge in [0.05, 0.1) is 5.52 Å². The molecule has 0 aliphatic heterocycles. The van der Waals surface area contributed by atoms with Gasteiger partial charge >= 0.3 is 0 Å². The molecular formula is C20H24N4. The second-order valence-corrected chi connectivity index (χ2v) is 6.48. The fourth-order valence-corrected chi connectivity index (χ4v) is 3.10. The molecule has 1 aromatic carbocycles. The predicted molar refractivity (Wildman–Crippen MR) is 99.4 cm³/mol. The number of fused-ring (bicyclic) bond motifs is 1. The van der Waals surface area contributed by atoms with E-state index in [-0.39, 0.29) is 0 Å². The Balaban J connectivity index is 0.000000203. The van der Waals surface area contributed by atoms with Crippen LogP contribution in [0.5, 0.6) is 0 Å². The molecule has 1 aliphatic rings. The first-order valence-corrected chi connectivity index (χ1v) is 8.64. The van der Waals surface area contributed by atoms with Crippen molar-refractivity contribution in [1.82, 2.24) is 15.0 Å². The summed E-state index contributed by atoms with van der Waals surface area (Å²) >= 11 is 0. The minimum Gasteiger partial charge on any atom is -0.383 e. The largest absolute Gasteiger partial charge is 0.383 e. The molecule has 124 valence electrons. The zero-order chi connectivity index (χ0) is 16.8. The summed E-state index contributed by atoms with van der Waals surface area (Å²) in [4.78, 5) is 12.3. The third-order valence-corrected chi connectivity index (χ3v) is 4.55. The average molecular weight is 320 g/mol. The summed E-state index contributed by atoms with van der Waals surface area (Å²) in [5.74, 6) is 1.54. The van der Waals surface area contributed by atoms with Gasteiger partial charge in [0.25, 0.3) is 0 Å². The number of nitrogens with two attached hydrogens (primary N) is 1. The van der Waals surface area contributed by atoms with Crippen LogP contribution in [0.15, 0.2) is 49.1 Å². The van der Waals surface area contributed by atoms with E-state index in [0.29, 0.717) is 5.82 Å². The second-order valence-electron chi connectivity index (χ2n) is 6.48. The maximum Gasteiger partial charge on any atom is 0.134 e. The van der Waals surface area contributed by atoms with Crippen LogP contribution in [0.3, 0.4) is 0 Å². The van der Waals surface area contributed by atoms with Crippen LogP contribution in [-0.4, -0.2) is 15.0 Å². The molecule has 0 radical (unpaired) electrons. The van der Waals surface area contributed by atoms with E-state index in [1.807, 2.05) is 36.5 Å². The predicted octanol–water partition coefficient (Wildman–Crippen LogP) is 4.86. The molecular weight excluding hydrogens is 296 g/mol. The van der Waals surface area contributed by atoms with E-state index in [1.165, 1.54) is 38.4 Å². The minimum atomic E-state index is 0.501. The number of hydrogen-bond acceptors (Lipinski definition) is 4. The Labute approximate surface area is 143 Å². The van der Waals surface area contributed by atoms with Crippen molar-refractivity contribution in [2.75, 3.05) is 5.73 Å². The Bertz CT molecular complexity index is 780. The van der Waals surface area contributed by atoms with Crippen LogP contribution in [0.2, 0.25) is 0 Å². The fourth-order valence-electron chi connectivity index (χ4n) is 3.10. The van der Waals surface area contributed by atoms with Crippen LogP contribution in [-0.2, 0) is 0 Å². The van der Waals surface area contributed by atoms with Crippen molar-refractivity contribution in [2.45, 2.75) is 39.0 Å². The Morgan fingerprint density at radius 3 is 2.50 bits per heavy atom. The molecule has 24 heavy (non-hydrogen) atoms. The molecule has 2 aromatic heterocycles. The SMILES string of the molecule is CC1CCCCC1.Nc1ncnc2ccc(-c3cccnc3)cc12. The van der Waals surface area contributed by atoms with Crippen molar-refractivity contribution in [3.8, 4) is 11.1 Å². The Morgan fingerprint density at radius 1 is 1.00 bits per heavy atom. The molecule has 0 spiro atoms. The highest BCUT2D eigenvalue weighted by Gasteiger charge is 2.06. The molecule has 0 unspecified atom stereocenters. The zero-order valence-electron chi connectivity index (χ0n) is 14.2. The van der Waals surface area contributed by atoms with Gasteiger partial charge in [-0.05, 0) is 29.7 Å². The minimum absolute atomic E-state index is 0.501. The first-order chi connectivity index (χ1) is 11.7. The lowest BCUT2D eigenvalue weighted by Crippen LogP contribution is -1.99. The normalized spacial score (nSPS) is 14.9. The standard InChI is InChI=1S/C13H10N4.C7H14/c14-13-11-6-9(10-2-1-5-15-7-10)3-4-12(11)16-8-17-13;1-7-5-3-2-4-6-7/h1-8H,(H2,14,16,17);7H,2-6H2,1H3. The van der Waals surface area contributed by atoms with Gasteiger partial charge in [0.1, 0.15) is 12.1 Å². The summed E-state index contributed by atoms with van der Waals surface area (Å²) in [5.41, 5.74) is 8.80. The number of nitrogen functional groups attached to an aromatic ring is 1. The smallest absolute Gasteiger partial charge is 0.134 e. The average Bonchev–Trinajstić information content (AvgIpc) is 2.64. The van der Waals surface area contributed by atoms with Gasteiger partial charge in [0.15, 0.2) is 0 Å². The number of hydrogen-bond donors (Lipinski definition) is 1. The maximum atomic E-state index is 5.84. The van der Waals surface area contributed by atoms with Gasteiger partial charge in [-0.2, -0.15) is 0 Å². The molecule has 3 aromatic rings. The number of pyridine rings is 1. The summed E-state index contributed by atoms with van der Waals surface area (Å²) in [7, 11) is 0. The zero-order valence-corrected chi connectivity index (χ0v) is 14.2. The molecule has 0 atom stereocenters. The third-order valence-electron chi connectivity index (χ3n) is 4.55. The van der Waals surface area contributed by atoms with Gasteiger partial charge in [-0.15, -0.1) is 0 Å². The number of nitrogens with zero attached hydrogens (tertiary/aromatic N) is 3. The Kier molecular flexibility index (Phi) is 5.36. The third kappa shape index (κ3) is 4.07. The highest BCUT2D eigenvalue weighted by atomic mass is 14.9. The number of aromatic nitrogens is 3. The van der Waals surface area contributed by atoms with Crippen molar-refractivity contribution < 1.29 is 0 Å². The first-order valence-electron chi connectivity index (χ1n) is 8.64. The van der Waals surface area contributed by atoms with E-state index in [9.17, 15) is 0 Å². The number of anilines is 1. The summed E-state index contributed by atoms with van der Waals surface area (Å²) < 4.78 is 0. The van der Waals surface area contributed by atoms with Crippen LogP contribution < -0.4 is 5.73 Å². The summed E-state index contributed by atoms with van der Waals surface area (Å²) in [5, 5.41) is 0.869. The lowest BCUT2D eigenvalue weighted by atomic mass is 9.91. The van der Waals surface area contributed by atoms with Crippen LogP contribution in [0.25, 0.3) is 22.0 Å². The highest BCUT2D eigenvalue weighted by Crippen LogP contribution is 2.25.